The summed E-state index contributed by atoms with van der Waals surface area (Å²) >= 11 is 0. The van der Waals surface area contributed by atoms with Gasteiger partial charge in [0.15, 0.2) is 0 Å². The molecule has 0 aliphatic rings. The van der Waals surface area contributed by atoms with Crippen molar-refractivity contribution < 1.29 is 20.4 Å². The number of rotatable bonds is 0. The maximum Gasteiger partial charge on any atom is 2.00 e. The SMILES string of the molecule is Pc1cccc2ccc3cc4ccccc4cc3c12.[Pd+2]. The molecule has 0 heterocycles. The molecule has 0 spiro atoms. The van der Waals surface area contributed by atoms with Crippen LogP contribution in [0.5, 0.6) is 0 Å². The van der Waals surface area contributed by atoms with Crippen LogP contribution in [0.3, 0.4) is 0 Å². The first-order valence-electron chi connectivity index (χ1n) is 6.43. The van der Waals surface area contributed by atoms with E-state index >= 15 is 0 Å². The van der Waals surface area contributed by atoms with Crippen molar-refractivity contribution in [2.24, 2.45) is 0 Å². The second-order valence-electron chi connectivity index (χ2n) is 4.93. The van der Waals surface area contributed by atoms with E-state index < -0.39 is 0 Å². The van der Waals surface area contributed by atoms with Gasteiger partial charge >= 0.3 is 20.4 Å². The van der Waals surface area contributed by atoms with E-state index in [1.54, 1.807) is 0 Å². The van der Waals surface area contributed by atoms with Gasteiger partial charge in [0, 0.05) is 0 Å². The van der Waals surface area contributed by atoms with Gasteiger partial charge in [0.25, 0.3) is 0 Å². The van der Waals surface area contributed by atoms with Crippen molar-refractivity contribution in [2.45, 2.75) is 0 Å². The molecule has 2 heteroatoms. The molecule has 20 heavy (non-hydrogen) atoms. The van der Waals surface area contributed by atoms with Crippen molar-refractivity contribution in [3.63, 3.8) is 0 Å². The normalized spacial score (nSPS) is 10.8. The summed E-state index contributed by atoms with van der Waals surface area (Å²) < 4.78 is 0. The molecule has 0 amide bonds. The molecule has 98 valence electrons. The van der Waals surface area contributed by atoms with Gasteiger partial charge in [0.2, 0.25) is 0 Å². The standard InChI is InChI=1S/C18H13P.Pd/c19-17-7-3-6-12-8-9-15-10-13-4-1-2-5-14(13)11-16(15)18(12)17;/h1-11H,19H2;/q;+2. The van der Waals surface area contributed by atoms with Gasteiger partial charge in [-0.2, -0.15) is 0 Å². The van der Waals surface area contributed by atoms with Crippen LogP contribution in [-0.4, -0.2) is 0 Å². The first-order chi connectivity index (χ1) is 9.33. The minimum atomic E-state index is 0. The maximum atomic E-state index is 2.85. The van der Waals surface area contributed by atoms with Crippen molar-refractivity contribution in [1.29, 1.82) is 0 Å². The van der Waals surface area contributed by atoms with E-state index in [0.717, 1.165) is 0 Å². The molecule has 0 radical (unpaired) electrons. The fourth-order valence-electron chi connectivity index (χ4n) is 2.83. The maximum absolute atomic E-state index is 2.85. The number of hydrogen-bond donors (Lipinski definition) is 0. The van der Waals surface area contributed by atoms with E-state index in [2.05, 4.69) is 76.0 Å². The molecule has 4 rings (SSSR count). The van der Waals surface area contributed by atoms with E-state index in [4.69, 9.17) is 0 Å². The van der Waals surface area contributed by atoms with Gasteiger partial charge in [0.1, 0.15) is 0 Å². The van der Waals surface area contributed by atoms with Crippen LogP contribution < -0.4 is 5.30 Å². The van der Waals surface area contributed by atoms with Crippen molar-refractivity contribution in [3.8, 4) is 0 Å². The number of fused-ring (bicyclic) bond motifs is 4. The molecule has 0 aromatic heterocycles. The van der Waals surface area contributed by atoms with Gasteiger partial charge in [-0.15, -0.1) is 9.24 Å². The first-order valence-corrected chi connectivity index (χ1v) is 7.00. The Hall–Kier alpha value is -1.25. The summed E-state index contributed by atoms with van der Waals surface area (Å²) in [4.78, 5) is 0. The summed E-state index contributed by atoms with van der Waals surface area (Å²) in [5.74, 6) is 0. The third-order valence-electron chi connectivity index (χ3n) is 3.76. The van der Waals surface area contributed by atoms with E-state index in [1.165, 1.54) is 37.6 Å². The Balaban J connectivity index is 0.00000121. The minimum Gasteiger partial charge on any atom is -0.105 e. The Morgan fingerprint density at radius 2 is 1.25 bits per heavy atom. The van der Waals surface area contributed by atoms with E-state index in [9.17, 15) is 0 Å². The fraction of sp³-hybridized carbons (Fsp3) is 0. The average Bonchev–Trinajstić information content (AvgIpc) is 2.45. The third-order valence-corrected chi connectivity index (χ3v) is 4.24. The van der Waals surface area contributed by atoms with Crippen LogP contribution in [0.2, 0.25) is 0 Å². The van der Waals surface area contributed by atoms with Gasteiger partial charge in [-0.3, -0.25) is 0 Å². The number of benzene rings is 4. The molecule has 1 atom stereocenters. The summed E-state index contributed by atoms with van der Waals surface area (Å²) in [7, 11) is 2.85. The van der Waals surface area contributed by atoms with Gasteiger partial charge < -0.3 is 0 Å². The fourth-order valence-corrected chi connectivity index (χ4v) is 3.26. The predicted molar refractivity (Wildman–Crippen MR) is 88.3 cm³/mol. The van der Waals surface area contributed by atoms with Crippen molar-refractivity contribution in [1.82, 2.24) is 0 Å². The molecule has 0 saturated heterocycles. The Bertz CT molecular complexity index is 928. The molecule has 0 N–H and O–H groups in total. The van der Waals surface area contributed by atoms with Crippen LogP contribution in [0, 0.1) is 0 Å². The number of hydrogen-bond acceptors (Lipinski definition) is 0. The van der Waals surface area contributed by atoms with E-state index in [0.29, 0.717) is 0 Å². The van der Waals surface area contributed by atoms with Crippen LogP contribution in [0.15, 0.2) is 66.7 Å². The molecule has 4 aromatic rings. The summed E-state index contributed by atoms with van der Waals surface area (Å²) in [5, 5.41) is 9.15. The van der Waals surface area contributed by atoms with Crippen LogP contribution in [0.4, 0.5) is 0 Å². The summed E-state index contributed by atoms with van der Waals surface area (Å²) in [6, 6.07) is 24.0. The Morgan fingerprint density at radius 3 is 2.05 bits per heavy atom. The van der Waals surface area contributed by atoms with Gasteiger partial charge in [-0.25, -0.2) is 0 Å². The van der Waals surface area contributed by atoms with Crippen LogP contribution in [0.1, 0.15) is 0 Å². The molecule has 0 saturated carbocycles. The molecule has 4 aromatic carbocycles. The van der Waals surface area contributed by atoms with Crippen LogP contribution in [0.25, 0.3) is 32.3 Å². The van der Waals surface area contributed by atoms with Gasteiger partial charge in [-0.1, -0.05) is 54.6 Å². The van der Waals surface area contributed by atoms with Gasteiger partial charge in [-0.05, 0) is 49.8 Å². The van der Waals surface area contributed by atoms with Crippen LogP contribution >= 0.6 is 9.24 Å². The molecule has 0 bridgehead atoms. The predicted octanol–water partition coefficient (Wildman–Crippen LogP) is 4.64. The van der Waals surface area contributed by atoms with Crippen molar-refractivity contribution >= 4 is 46.9 Å². The van der Waals surface area contributed by atoms with Gasteiger partial charge in [0.05, 0.1) is 0 Å². The molecule has 0 aliphatic carbocycles. The first kappa shape index (κ1) is 13.7. The van der Waals surface area contributed by atoms with E-state index in [-0.39, 0.29) is 20.4 Å². The largest absolute Gasteiger partial charge is 2.00 e. The molecular weight excluding hydrogens is 354 g/mol. The quantitative estimate of drug-likeness (QED) is 0.184. The summed E-state index contributed by atoms with van der Waals surface area (Å²) in [6.45, 7) is 0. The molecule has 0 fully saturated rings. The third kappa shape index (κ3) is 2.08. The average molecular weight is 367 g/mol. The monoisotopic (exact) mass is 366 g/mol. The second-order valence-corrected chi connectivity index (χ2v) is 5.55. The molecular formula is C18H13PPd+2. The van der Waals surface area contributed by atoms with Crippen molar-refractivity contribution in [2.75, 3.05) is 0 Å². The molecule has 0 nitrogen and oxygen atoms in total. The van der Waals surface area contributed by atoms with E-state index in [1.807, 2.05) is 0 Å². The zero-order chi connectivity index (χ0) is 12.8. The Morgan fingerprint density at radius 1 is 0.600 bits per heavy atom. The molecule has 1 unspecified atom stereocenters. The minimum absolute atomic E-state index is 0. The smallest absolute Gasteiger partial charge is 0.105 e. The topological polar surface area (TPSA) is 0 Å². The zero-order valence-electron chi connectivity index (χ0n) is 10.7. The molecule has 0 aliphatic heterocycles. The summed E-state index contributed by atoms with van der Waals surface area (Å²) in [6.07, 6.45) is 0. The van der Waals surface area contributed by atoms with Crippen LogP contribution in [-0.2, 0) is 20.4 Å². The Kier molecular flexibility index (Phi) is 3.61. The zero-order valence-corrected chi connectivity index (χ0v) is 13.5. The van der Waals surface area contributed by atoms with Crippen molar-refractivity contribution in [3.05, 3.63) is 66.7 Å². The Labute approximate surface area is 134 Å². The summed E-state index contributed by atoms with van der Waals surface area (Å²) in [5.41, 5.74) is 0. The second kappa shape index (κ2) is 5.27.